The highest BCUT2D eigenvalue weighted by Crippen LogP contribution is 2.13. The number of pyridine rings is 1. The molecule has 0 atom stereocenters. The van der Waals surface area contributed by atoms with Crippen molar-refractivity contribution in [2.45, 2.75) is 39.8 Å². The molecule has 1 heterocycles. The summed E-state index contributed by atoms with van der Waals surface area (Å²) < 4.78 is 0. The van der Waals surface area contributed by atoms with E-state index in [0.29, 0.717) is 12.6 Å². The van der Waals surface area contributed by atoms with Gasteiger partial charge in [0.2, 0.25) is 0 Å². The van der Waals surface area contributed by atoms with Crippen molar-refractivity contribution in [1.29, 1.82) is 0 Å². The third-order valence-electron chi connectivity index (χ3n) is 3.13. The summed E-state index contributed by atoms with van der Waals surface area (Å²) in [6.45, 7) is 8.97. The zero-order chi connectivity index (χ0) is 13.5. The smallest absolute Gasteiger partial charge is 0.138 e. The molecule has 4 heteroatoms. The van der Waals surface area contributed by atoms with Crippen LogP contribution in [0.25, 0.3) is 0 Å². The number of nitrogens with zero attached hydrogens (tertiary/aromatic N) is 2. The van der Waals surface area contributed by atoms with E-state index in [0.717, 1.165) is 30.9 Å². The summed E-state index contributed by atoms with van der Waals surface area (Å²) in [7, 11) is 2.14. The topological polar surface area (TPSA) is 48.4 Å². The number of aromatic nitrogens is 1. The molecule has 0 radical (unpaired) electrons. The zero-order valence-corrected chi connectivity index (χ0v) is 11.9. The molecule has 0 aliphatic heterocycles. The monoisotopic (exact) mass is 251 g/mol. The van der Waals surface area contributed by atoms with Gasteiger partial charge in [0.05, 0.1) is 5.69 Å². The third-order valence-corrected chi connectivity index (χ3v) is 3.13. The Balaban J connectivity index is 2.24. The number of rotatable bonds is 7. The summed E-state index contributed by atoms with van der Waals surface area (Å²) in [4.78, 5) is 6.63. The van der Waals surface area contributed by atoms with E-state index in [-0.39, 0.29) is 5.75 Å². The van der Waals surface area contributed by atoms with Crippen molar-refractivity contribution in [2.24, 2.45) is 0 Å². The number of hydrogen-bond acceptors (Lipinski definition) is 4. The van der Waals surface area contributed by atoms with Crippen LogP contribution in [0.4, 0.5) is 0 Å². The van der Waals surface area contributed by atoms with Gasteiger partial charge in [-0.25, -0.2) is 0 Å². The Labute approximate surface area is 110 Å². The van der Waals surface area contributed by atoms with Crippen molar-refractivity contribution in [2.75, 3.05) is 20.1 Å². The quantitative estimate of drug-likeness (QED) is 0.727. The third kappa shape index (κ3) is 5.02. The van der Waals surface area contributed by atoms with Crippen molar-refractivity contribution in [1.82, 2.24) is 15.2 Å². The van der Waals surface area contributed by atoms with E-state index in [9.17, 15) is 5.11 Å². The van der Waals surface area contributed by atoms with Crippen LogP contribution in [0.15, 0.2) is 12.1 Å². The average Bonchev–Trinajstić information content (AvgIpc) is 2.32. The van der Waals surface area contributed by atoms with E-state index in [2.05, 4.69) is 36.1 Å². The SMILES string of the molecule is Cc1ccc(O)c(CNCCCN(C)C(C)C)n1. The number of hydrogen-bond donors (Lipinski definition) is 2. The summed E-state index contributed by atoms with van der Waals surface area (Å²) in [5.74, 6) is 0.271. The van der Waals surface area contributed by atoms with E-state index in [1.54, 1.807) is 6.07 Å². The number of nitrogens with one attached hydrogen (secondary N) is 1. The number of aryl methyl sites for hydroxylation is 1. The molecule has 0 bridgehead atoms. The van der Waals surface area contributed by atoms with Gasteiger partial charge in [0.1, 0.15) is 5.75 Å². The highest BCUT2D eigenvalue weighted by Gasteiger charge is 2.04. The Morgan fingerprint density at radius 2 is 2.11 bits per heavy atom. The van der Waals surface area contributed by atoms with Crippen molar-refractivity contribution < 1.29 is 5.11 Å². The molecule has 18 heavy (non-hydrogen) atoms. The first-order valence-corrected chi connectivity index (χ1v) is 6.57. The second kappa shape index (κ2) is 7.34. The second-order valence-electron chi connectivity index (χ2n) is 5.02. The molecule has 0 aliphatic carbocycles. The van der Waals surface area contributed by atoms with Crippen LogP contribution in [0.1, 0.15) is 31.7 Å². The Morgan fingerprint density at radius 1 is 1.39 bits per heavy atom. The summed E-state index contributed by atoms with van der Waals surface area (Å²) in [6, 6.07) is 4.11. The Morgan fingerprint density at radius 3 is 2.78 bits per heavy atom. The predicted molar refractivity (Wildman–Crippen MR) is 74.7 cm³/mol. The van der Waals surface area contributed by atoms with E-state index in [1.807, 2.05) is 13.0 Å². The van der Waals surface area contributed by atoms with Gasteiger partial charge in [0, 0.05) is 18.3 Å². The average molecular weight is 251 g/mol. The molecule has 0 saturated carbocycles. The fourth-order valence-electron chi connectivity index (χ4n) is 1.65. The Bertz CT molecular complexity index is 366. The van der Waals surface area contributed by atoms with Gasteiger partial charge >= 0.3 is 0 Å². The first kappa shape index (κ1) is 14.9. The molecule has 0 amide bonds. The minimum Gasteiger partial charge on any atom is -0.506 e. The number of aromatic hydroxyl groups is 1. The molecule has 0 spiro atoms. The summed E-state index contributed by atoms with van der Waals surface area (Å²) in [5.41, 5.74) is 1.66. The molecule has 1 rings (SSSR count). The van der Waals surface area contributed by atoms with Crippen LogP contribution in [0.3, 0.4) is 0 Å². The lowest BCUT2D eigenvalue weighted by molar-refractivity contribution is 0.269. The van der Waals surface area contributed by atoms with Crippen molar-refractivity contribution in [3.8, 4) is 5.75 Å². The van der Waals surface area contributed by atoms with Gasteiger partial charge in [-0.1, -0.05) is 0 Å². The van der Waals surface area contributed by atoms with E-state index >= 15 is 0 Å². The van der Waals surface area contributed by atoms with Gasteiger partial charge in [-0.2, -0.15) is 0 Å². The van der Waals surface area contributed by atoms with Crippen LogP contribution in [0.5, 0.6) is 5.75 Å². The van der Waals surface area contributed by atoms with Gasteiger partial charge in [-0.15, -0.1) is 0 Å². The highest BCUT2D eigenvalue weighted by atomic mass is 16.3. The van der Waals surface area contributed by atoms with E-state index < -0.39 is 0 Å². The lowest BCUT2D eigenvalue weighted by Gasteiger charge is -2.20. The van der Waals surface area contributed by atoms with Crippen LogP contribution in [-0.4, -0.2) is 41.2 Å². The molecule has 1 aromatic heterocycles. The summed E-state index contributed by atoms with van der Waals surface area (Å²) in [6.07, 6.45) is 1.10. The van der Waals surface area contributed by atoms with Crippen LogP contribution in [0.2, 0.25) is 0 Å². The molecular formula is C14H25N3O. The zero-order valence-electron chi connectivity index (χ0n) is 11.9. The molecular weight excluding hydrogens is 226 g/mol. The highest BCUT2D eigenvalue weighted by molar-refractivity contribution is 5.27. The molecule has 0 fully saturated rings. The molecule has 1 aromatic rings. The normalized spacial score (nSPS) is 11.4. The summed E-state index contributed by atoms with van der Waals surface area (Å²) >= 11 is 0. The molecule has 0 unspecified atom stereocenters. The van der Waals surface area contributed by atoms with Crippen molar-refractivity contribution in [3.63, 3.8) is 0 Å². The maximum absolute atomic E-state index is 9.64. The molecule has 0 aromatic carbocycles. The molecule has 0 aliphatic rings. The van der Waals surface area contributed by atoms with Gasteiger partial charge < -0.3 is 15.3 Å². The molecule has 2 N–H and O–H groups in total. The lowest BCUT2D eigenvalue weighted by Crippen LogP contribution is -2.29. The van der Waals surface area contributed by atoms with Gasteiger partial charge in [0.15, 0.2) is 0 Å². The maximum atomic E-state index is 9.64. The standard InChI is InChI=1S/C14H25N3O/c1-11(2)17(4)9-5-8-15-10-13-14(18)7-6-12(3)16-13/h6-7,11,15,18H,5,8-10H2,1-4H3. The minimum atomic E-state index is 0.271. The van der Waals surface area contributed by atoms with Gasteiger partial charge in [0.25, 0.3) is 0 Å². The second-order valence-corrected chi connectivity index (χ2v) is 5.02. The van der Waals surface area contributed by atoms with Crippen LogP contribution in [0, 0.1) is 6.92 Å². The Hall–Kier alpha value is -1.13. The molecule has 102 valence electrons. The fourth-order valence-corrected chi connectivity index (χ4v) is 1.65. The Kier molecular flexibility index (Phi) is 6.09. The van der Waals surface area contributed by atoms with Crippen molar-refractivity contribution in [3.05, 3.63) is 23.5 Å². The maximum Gasteiger partial charge on any atom is 0.138 e. The summed E-state index contributed by atoms with van der Waals surface area (Å²) in [5, 5.41) is 13.0. The largest absolute Gasteiger partial charge is 0.506 e. The first-order chi connectivity index (χ1) is 8.50. The van der Waals surface area contributed by atoms with Crippen molar-refractivity contribution >= 4 is 0 Å². The van der Waals surface area contributed by atoms with E-state index in [1.165, 1.54) is 0 Å². The fraction of sp³-hybridized carbons (Fsp3) is 0.643. The molecule has 4 nitrogen and oxygen atoms in total. The van der Waals surface area contributed by atoms with Gasteiger partial charge in [-0.05, 0) is 59.5 Å². The first-order valence-electron chi connectivity index (χ1n) is 6.57. The minimum absolute atomic E-state index is 0.271. The predicted octanol–water partition coefficient (Wildman–Crippen LogP) is 1.92. The van der Waals surface area contributed by atoms with Crippen LogP contribution >= 0.6 is 0 Å². The lowest BCUT2D eigenvalue weighted by atomic mass is 10.2. The van der Waals surface area contributed by atoms with Gasteiger partial charge in [-0.3, -0.25) is 4.98 Å². The van der Waals surface area contributed by atoms with Crippen LogP contribution < -0.4 is 5.32 Å². The molecule has 0 saturated heterocycles. The van der Waals surface area contributed by atoms with E-state index in [4.69, 9.17) is 0 Å². The van der Waals surface area contributed by atoms with Crippen LogP contribution in [-0.2, 0) is 6.54 Å².